The molecule has 1 atom stereocenters. The molecule has 3 aromatic rings. The normalized spacial score (nSPS) is 12.3. The number of rotatable bonds is 7. The van der Waals surface area contributed by atoms with Gasteiger partial charge in [-0.2, -0.15) is 0 Å². The van der Waals surface area contributed by atoms with E-state index >= 15 is 0 Å². The molecule has 2 heterocycles. The Hall–Kier alpha value is -0.850. The van der Waals surface area contributed by atoms with Gasteiger partial charge in [0.25, 0.3) is 0 Å². The zero-order valence-corrected chi connectivity index (χ0v) is 18.2. The van der Waals surface area contributed by atoms with Gasteiger partial charge in [0, 0.05) is 29.0 Å². The van der Waals surface area contributed by atoms with Gasteiger partial charge in [0.1, 0.15) is 0 Å². The molecular weight excluding hydrogens is 423 g/mol. The largest absolute Gasteiger partial charge is 0.336 e. The highest BCUT2D eigenvalue weighted by Crippen LogP contribution is 2.39. The van der Waals surface area contributed by atoms with Crippen LogP contribution < -0.4 is 0 Å². The van der Waals surface area contributed by atoms with Crippen molar-refractivity contribution in [2.45, 2.75) is 31.6 Å². The zero-order valence-electron chi connectivity index (χ0n) is 14.2. The maximum atomic E-state index is 6.49. The van der Waals surface area contributed by atoms with Crippen molar-refractivity contribution in [3.63, 3.8) is 0 Å². The lowest BCUT2D eigenvalue weighted by Crippen LogP contribution is -2.08. The Balaban J connectivity index is 1.87. The van der Waals surface area contributed by atoms with E-state index in [1.165, 1.54) is 10.4 Å². The number of halogens is 2. The van der Waals surface area contributed by atoms with Gasteiger partial charge >= 0.3 is 0 Å². The van der Waals surface area contributed by atoms with Crippen LogP contribution in [0.2, 0.25) is 10.0 Å². The molecule has 1 aromatic carbocycles. The third kappa shape index (κ3) is 4.90. The average molecular weight is 441 g/mol. The molecular formula is C19H18Cl2N2S3. The van der Waals surface area contributed by atoms with Crippen LogP contribution in [0.25, 0.3) is 0 Å². The van der Waals surface area contributed by atoms with Gasteiger partial charge in [0.15, 0.2) is 0 Å². The van der Waals surface area contributed by atoms with Gasteiger partial charge in [-0.25, -0.2) is 4.98 Å². The fourth-order valence-electron chi connectivity index (χ4n) is 2.71. The summed E-state index contributed by atoms with van der Waals surface area (Å²) < 4.78 is 2.96. The molecule has 0 N–H and O–H groups in total. The van der Waals surface area contributed by atoms with Gasteiger partial charge in [-0.15, -0.1) is 23.1 Å². The number of hydrogen-bond donors (Lipinski definition) is 0. The summed E-state index contributed by atoms with van der Waals surface area (Å²) in [4.78, 5) is 5.34. The van der Waals surface area contributed by atoms with Crippen LogP contribution in [0.1, 0.15) is 34.6 Å². The highest BCUT2D eigenvalue weighted by molar-refractivity contribution is 8.24. The Kier molecular flexibility index (Phi) is 7.18. The van der Waals surface area contributed by atoms with E-state index in [-0.39, 0.29) is 5.25 Å². The predicted octanol–water partition coefficient (Wildman–Crippen LogP) is 7.05. The number of hydrogen-bond acceptors (Lipinski definition) is 4. The molecule has 0 radical (unpaired) electrons. The van der Waals surface area contributed by atoms with Gasteiger partial charge in [0.05, 0.1) is 20.7 Å². The van der Waals surface area contributed by atoms with Gasteiger partial charge in [-0.05, 0) is 41.1 Å². The summed E-state index contributed by atoms with van der Waals surface area (Å²) in [6.45, 7) is 2.92. The minimum atomic E-state index is 0.0815. The summed E-state index contributed by atoms with van der Waals surface area (Å²) in [5, 5.41) is 3.50. The summed E-state index contributed by atoms with van der Waals surface area (Å²) in [7, 11) is 0. The summed E-state index contributed by atoms with van der Waals surface area (Å²) in [5.41, 5.74) is 2.37. The monoisotopic (exact) mass is 440 g/mol. The Morgan fingerprint density at radius 1 is 1.35 bits per heavy atom. The molecule has 0 aliphatic rings. The van der Waals surface area contributed by atoms with Crippen molar-refractivity contribution in [1.29, 1.82) is 0 Å². The number of thiocarbonyl (C=S) groups is 1. The average Bonchev–Trinajstić information content (AvgIpc) is 3.26. The number of nitrogens with zero attached hydrogens (tertiary/aromatic N) is 2. The van der Waals surface area contributed by atoms with Crippen LogP contribution >= 0.6 is 58.5 Å². The molecule has 3 rings (SSSR count). The molecule has 0 fully saturated rings. The van der Waals surface area contributed by atoms with E-state index in [1.54, 1.807) is 35.4 Å². The molecule has 0 saturated carbocycles. The van der Waals surface area contributed by atoms with E-state index in [2.05, 4.69) is 23.4 Å². The summed E-state index contributed by atoms with van der Waals surface area (Å²) in [5.74, 6) is 0. The van der Waals surface area contributed by atoms with Gasteiger partial charge in [-0.3, -0.25) is 0 Å². The molecule has 0 saturated heterocycles. The number of benzene rings is 1. The van der Waals surface area contributed by atoms with Crippen LogP contribution in [0.5, 0.6) is 0 Å². The second kappa shape index (κ2) is 9.38. The lowest BCUT2D eigenvalue weighted by molar-refractivity contribution is 0.685. The first-order valence-electron chi connectivity index (χ1n) is 8.26. The van der Waals surface area contributed by atoms with E-state index in [0.717, 1.165) is 29.1 Å². The van der Waals surface area contributed by atoms with Crippen LogP contribution in [0.3, 0.4) is 0 Å². The Morgan fingerprint density at radius 2 is 2.19 bits per heavy atom. The molecule has 7 heteroatoms. The zero-order chi connectivity index (χ0) is 18.5. The number of thioether (sulfide) groups is 1. The van der Waals surface area contributed by atoms with Crippen LogP contribution in [0.15, 0.2) is 48.4 Å². The Bertz CT molecular complexity index is 875. The quantitative estimate of drug-likeness (QED) is 0.366. The van der Waals surface area contributed by atoms with Crippen molar-refractivity contribution < 1.29 is 0 Å². The fraction of sp³-hybridized carbons (Fsp3) is 0.263. The van der Waals surface area contributed by atoms with Crippen molar-refractivity contribution >= 4 is 62.7 Å². The molecule has 0 aliphatic heterocycles. The predicted molar refractivity (Wildman–Crippen MR) is 119 cm³/mol. The lowest BCUT2D eigenvalue weighted by atomic mass is 10.1. The minimum Gasteiger partial charge on any atom is -0.336 e. The minimum absolute atomic E-state index is 0.0815. The van der Waals surface area contributed by atoms with Gasteiger partial charge in [0.2, 0.25) is 0 Å². The maximum absolute atomic E-state index is 6.49. The van der Waals surface area contributed by atoms with Crippen molar-refractivity contribution in [3.05, 3.63) is 74.4 Å². The van der Waals surface area contributed by atoms with E-state index in [1.807, 2.05) is 29.2 Å². The molecule has 0 amide bonds. The van der Waals surface area contributed by atoms with E-state index in [9.17, 15) is 0 Å². The number of aryl methyl sites for hydroxylation is 1. The fourth-order valence-corrected chi connectivity index (χ4v) is 6.09. The SMILES string of the molecule is CCCc1ccsc1C(=S)SC(Cn1ccnc1)c1ccc(Cl)cc1Cl. The van der Waals surface area contributed by atoms with Crippen LogP contribution in [-0.2, 0) is 13.0 Å². The van der Waals surface area contributed by atoms with Gasteiger partial charge < -0.3 is 4.57 Å². The summed E-state index contributed by atoms with van der Waals surface area (Å²) in [6.07, 6.45) is 7.70. The molecule has 26 heavy (non-hydrogen) atoms. The van der Waals surface area contributed by atoms with Crippen LogP contribution in [0.4, 0.5) is 0 Å². The van der Waals surface area contributed by atoms with Crippen molar-refractivity contribution in [1.82, 2.24) is 9.55 Å². The highest BCUT2D eigenvalue weighted by Gasteiger charge is 2.21. The second-order valence-corrected chi connectivity index (χ2v) is 9.48. The standard InChI is InChI=1S/C19H18Cl2N2S3/c1-2-3-13-6-9-25-18(13)19(24)26-17(11-23-8-7-22-12-23)15-5-4-14(20)10-16(15)21/h4-10,12,17H,2-3,11H2,1H3. The Morgan fingerprint density at radius 3 is 2.88 bits per heavy atom. The van der Waals surface area contributed by atoms with Crippen molar-refractivity contribution in [3.8, 4) is 0 Å². The van der Waals surface area contributed by atoms with Crippen molar-refractivity contribution in [2.24, 2.45) is 0 Å². The molecule has 0 aliphatic carbocycles. The second-order valence-electron chi connectivity index (χ2n) is 5.84. The molecule has 0 bridgehead atoms. The molecule has 2 nitrogen and oxygen atoms in total. The topological polar surface area (TPSA) is 17.8 Å². The smallest absolute Gasteiger partial charge is 0.0946 e. The molecule has 2 aromatic heterocycles. The van der Waals surface area contributed by atoms with E-state index in [4.69, 9.17) is 35.4 Å². The third-order valence-corrected chi connectivity index (χ3v) is 7.34. The maximum Gasteiger partial charge on any atom is 0.0946 e. The van der Waals surface area contributed by atoms with E-state index in [0.29, 0.717) is 10.0 Å². The van der Waals surface area contributed by atoms with Crippen molar-refractivity contribution in [2.75, 3.05) is 0 Å². The lowest BCUT2D eigenvalue weighted by Gasteiger charge is -2.19. The molecule has 0 spiro atoms. The first kappa shape index (κ1) is 19.9. The molecule has 1 unspecified atom stereocenters. The first-order valence-corrected chi connectivity index (χ1v) is 11.2. The summed E-state index contributed by atoms with van der Waals surface area (Å²) >= 11 is 21.8. The van der Waals surface area contributed by atoms with Crippen LogP contribution in [0, 0.1) is 0 Å². The molecule has 136 valence electrons. The first-order chi connectivity index (χ1) is 12.6. The summed E-state index contributed by atoms with van der Waals surface area (Å²) in [6, 6.07) is 7.83. The Labute approximate surface area is 177 Å². The number of thiophene rings is 1. The van der Waals surface area contributed by atoms with Crippen LogP contribution in [-0.4, -0.2) is 13.7 Å². The van der Waals surface area contributed by atoms with E-state index < -0.39 is 0 Å². The number of aromatic nitrogens is 2. The highest BCUT2D eigenvalue weighted by atomic mass is 35.5. The number of imidazole rings is 1. The van der Waals surface area contributed by atoms with Gasteiger partial charge in [-0.1, -0.05) is 54.8 Å². The third-order valence-electron chi connectivity index (χ3n) is 3.95.